The summed E-state index contributed by atoms with van der Waals surface area (Å²) < 4.78 is 87.0. The number of nitrogens with two attached hydrogens (primary N) is 1. The molecular formula is C11H12ClF3N2O4S2. The average molecular weight is 393 g/mol. The van der Waals surface area contributed by atoms with Crippen molar-refractivity contribution < 1.29 is 30.0 Å². The first-order valence-corrected chi connectivity index (χ1v) is 9.85. The van der Waals surface area contributed by atoms with Gasteiger partial charge in [-0.3, -0.25) is 0 Å². The predicted molar refractivity (Wildman–Crippen MR) is 77.2 cm³/mol. The molecule has 23 heavy (non-hydrogen) atoms. The second kappa shape index (κ2) is 5.88. The van der Waals surface area contributed by atoms with Crippen LogP contribution in [0.4, 0.5) is 13.2 Å². The number of hydrogen-bond donors (Lipinski definition) is 2. The van der Waals surface area contributed by atoms with E-state index in [1.165, 1.54) is 0 Å². The van der Waals surface area contributed by atoms with E-state index < -0.39 is 59.4 Å². The highest BCUT2D eigenvalue weighted by Gasteiger charge is 2.38. The highest BCUT2D eigenvalue weighted by Crippen LogP contribution is 2.33. The molecule has 12 heteroatoms. The maximum atomic E-state index is 12.6. The van der Waals surface area contributed by atoms with Crippen LogP contribution in [0.1, 0.15) is 5.56 Å². The van der Waals surface area contributed by atoms with Gasteiger partial charge in [-0.05, 0) is 18.2 Å². The lowest BCUT2D eigenvalue weighted by Crippen LogP contribution is -2.46. The summed E-state index contributed by atoms with van der Waals surface area (Å²) in [5.41, 5.74) is 4.48. The van der Waals surface area contributed by atoms with Crippen molar-refractivity contribution in [1.29, 1.82) is 0 Å². The molecule has 0 spiro atoms. The van der Waals surface area contributed by atoms with Crippen LogP contribution in [0.25, 0.3) is 0 Å². The van der Waals surface area contributed by atoms with Crippen molar-refractivity contribution in [3.8, 4) is 0 Å². The molecule has 2 unspecified atom stereocenters. The largest absolute Gasteiger partial charge is 0.416 e. The van der Waals surface area contributed by atoms with Crippen LogP contribution in [0.3, 0.4) is 0 Å². The number of sulfone groups is 1. The molecular weight excluding hydrogens is 381 g/mol. The van der Waals surface area contributed by atoms with Crippen LogP contribution in [0, 0.1) is 0 Å². The van der Waals surface area contributed by atoms with Crippen LogP contribution >= 0.6 is 11.6 Å². The van der Waals surface area contributed by atoms with Gasteiger partial charge in [0, 0.05) is 6.04 Å². The summed E-state index contributed by atoms with van der Waals surface area (Å²) in [6, 6.07) is -0.235. The number of halogens is 4. The van der Waals surface area contributed by atoms with E-state index >= 15 is 0 Å². The van der Waals surface area contributed by atoms with Gasteiger partial charge in [-0.2, -0.15) is 13.2 Å². The number of alkyl halides is 3. The number of benzene rings is 1. The topological polar surface area (TPSA) is 106 Å². The summed E-state index contributed by atoms with van der Waals surface area (Å²) in [5.74, 6) is -0.855. The molecule has 0 radical (unpaired) electrons. The van der Waals surface area contributed by atoms with E-state index in [0.717, 1.165) is 0 Å². The zero-order chi connectivity index (χ0) is 17.6. The first-order chi connectivity index (χ1) is 10.3. The normalized spacial score (nSPS) is 24.7. The van der Waals surface area contributed by atoms with Crippen LogP contribution < -0.4 is 10.5 Å². The Balaban J connectivity index is 2.31. The Morgan fingerprint density at radius 1 is 1.26 bits per heavy atom. The van der Waals surface area contributed by atoms with Crippen LogP contribution in [0.15, 0.2) is 23.1 Å². The fraction of sp³-hybridized carbons (Fsp3) is 0.455. The molecule has 0 saturated carbocycles. The zero-order valence-corrected chi connectivity index (χ0v) is 13.7. The monoisotopic (exact) mass is 392 g/mol. The third kappa shape index (κ3) is 4.15. The van der Waals surface area contributed by atoms with E-state index in [1.54, 1.807) is 0 Å². The van der Waals surface area contributed by atoms with E-state index in [4.69, 9.17) is 17.3 Å². The molecule has 1 aliphatic heterocycles. The predicted octanol–water partition coefficient (Wildman–Crippen LogP) is 0.761. The quantitative estimate of drug-likeness (QED) is 0.790. The SMILES string of the molecule is NC1CS(=O)(=O)CC1NS(=O)(=O)c1ccc(C(F)(F)F)cc1Cl. The van der Waals surface area contributed by atoms with E-state index in [2.05, 4.69) is 4.72 Å². The molecule has 1 saturated heterocycles. The number of rotatable bonds is 3. The van der Waals surface area contributed by atoms with Gasteiger partial charge in [0.05, 0.1) is 28.1 Å². The summed E-state index contributed by atoms with van der Waals surface area (Å²) in [5, 5.41) is -0.623. The molecule has 1 heterocycles. The first-order valence-electron chi connectivity index (χ1n) is 6.17. The second-order valence-corrected chi connectivity index (χ2v) is 9.35. The van der Waals surface area contributed by atoms with Gasteiger partial charge in [0.15, 0.2) is 9.84 Å². The van der Waals surface area contributed by atoms with Crippen LogP contribution in [0.2, 0.25) is 5.02 Å². The maximum Gasteiger partial charge on any atom is 0.416 e. The number of hydrogen-bond acceptors (Lipinski definition) is 5. The minimum absolute atomic E-state index is 0.374. The molecule has 6 nitrogen and oxygen atoms in total. The standard InChI is InChI=1S/C11H12ClF3N2O4S2/c12-7-3-6(11(13,14)15)1-2-10(7)23(20,21)17-9-5-22(18,19)4-8(9)16/h1-3,8-9,17H,4-5,16H2. The molecule has 0 aromatic heterocycles. The van der Waals surface area contributed by atoms with E-state index in [-0.39, 0.29) is 5.75 Å². The van der Waals surface area contributed by atoms with Crippen molar-refractivity contribution in [2.75, 3.05) is 11.5 Å². The Morgan fingerprint density at radius 3 is 2.30 bits per heavy atom. The van der Waals surface area contributed by atoms with Crippen molar-refractivity contribution in [2.24, 2.45) is 5.73 Å². The van der Waals surface area contributed by atoms with Gasteiger partial charge in [-0.1, -0.05) is 11.6 Å². The summed E-state index contributed by atoms with van der Waals surface area (Å²) in [6.45, 7) is 0. The van der Waals surface area contributed by atoms with Crippen LogP contribution in [-0.4, -0.2) is 40.4 Å². The van der Waals surface area contributed by atoms with Gasteiger partial charge >= 0.3 is 6.18 Å². The van der Waals surface area contributed by atoms with Gasteiger partial charge < -0.3 is 5.73 Å². The minimum Gasteiger partial charge on any atom is -0.325 e. The Kier molecular flexibility index (Phi) is 4.72. The smallest absolute Gasteiger partial charge is 0.325 e. The second-order valence-electron chi connectivity index (χ2n) is 5.11. The zero-order valence-electron chi connectivity index (χ0n) is 11.3. The molecule has 1 aromatic carbocycles. The molecule has 2 atom stereocenters. The Morgan fingerprint density at radius 2 is 1.87 bits per heavy atom. The summed E-state index contributed by atoms with van der Waals surface area (Å²) in [7, 11) is -7.78. The van der Waals surface area contributed by atoms with Crippen LogP contribution in [0.5, 0.6) is 0 Å². The minimum atomic E-state index is -4.67. The van der Waals surface area contributed by atoms with Crippen molar-refractivity contribution in [3.63, 3.8) is 0 Å². The number of nitrogens with one attached hydrogen (secondary N) is 1. The molecule has 1 aromatic rings. The molecule has 0 aliphatic carbocycles. The van der Waals surface area contributed by atoms with E-state index in [1.807, 2.05) is 0 Å². The highest BCUT2D eigenvalue weighted by molar-refractivity contribution is 7.92. The van der Waals surface area contributed by atoms with Gasteiger partial charge in [-0.15, -0.1) is 0 Å². The fourth-order valence-electron chi connectivity index (χ4n) is 2.15. The third-order valence-corrected chi connectivity index (χ3v) is 6.98. The van der Waals surface area contributed by atoms with Crippen molar-refractivity contribution in [3.05, 3.63) is 28.8 Å². The van der Waals surface area contributed by atoms with E-state index in [9.17, 15) is 30.0 Å². The van der Waals surface area contributed by atoms with Gasteiger partial charge in [0.2, 0.25) is 10.0 Å². The van der Waals surface area contributed by atoms with Crippen LogP contribution in [-0.2, 0) is 26.0 Å². The number of sulfonamides is 1. The summed E-state index contributed by atoms with van der Waals surface area (Å²) >= 11 is 5.63. The summed E-state index contributed by atoms with van der Waals surface area (Å²) in [6.07, 6.45) is -4.67. The van der Waals surface area contributed by atoms with Crippen molar-refractivity contribution in [2.45, 2.75) is 23.2 Å². The Labute approximate surface area is 135 Å². The molecule has 130 valence electrons. The van der Waals surface area contributed by atoms with Gasteiger partial charge in [0.25, 0.3) is 0 Å². The fourth-order valence-corrected chi connectivity index (χ4v) is 5.92. The molecule has 0 amide bonds. The lowest BCUT2D eigenvalue weighted by Gasteiger charge is -2.17. The molecule has 3 N–H and O–H groups in total. The average Bonchev–Trinajstić information content (AvgIpc) is 2.59. The Hall–Kier alpha value is -0.880. The lowest BCUT2D eigenvalue weighted by molar-refractivity contribution is -0.137. The Bertz CT molecular complexity index is 824. The lowest BCUT2D eigenvalue weighted by atomic mass is 10.2. The van der Waals surface area contributed by atoms with E-state index in [0.29, 0.717) is 18.2 Å². The van der Waals surface area contributed by atoms with Gasteiger partial charge in [0.1, 0.15) is 4.90 Å². The first kappa shape index (κ1) is 18.5. The molecule has 1 aliphatic rings. The molecule has 2 rings (SSSR count). The maximum absolute atomic E-state index is 12.6. The highest BCUT2D eigenvalue weighted by atomic mass is 35.5. The van der Waals surface area contributed by atoms with Gasteiger partial charge in [-0.25, -0.2) is 21.6 Å². The molecule has 0 bridgehead atoms. The third-order valence-electron chi connectivity index (χ3n) is 3.25. The van der Waals surface area contributed by atoms with Crippen molar-refractivity contribution in [1.82, 2.24) is 4.72 Å². The molecule has 1 fully saturated rings. The van der Waals surface area contributed by atoms with Crippen molar-refractivity contribution >= 4 is 31.5 Å². The summed E-state index contributed by atoms with van der Waals surface area (Å²) in [4.78, 5) is -0.580.